The molecule has 5 nitrogen and oxygen atoms in total. The van der Waals surface area contributed by atoms with E-state index in [1.165, 1.54) is 16.9 Å². The lowest BCUT2D eigenvalue weighted by atomic mass is 10.1. The van der Waals surface area contributed by atoms with Gasteiger partial charge < -0.3 is 10.0 Å². The Morgan fingerprint density at radius 1 is 1.21 bits per heavy atom. The highest BCUT2D eigenvalue weighted by Gasteiger charge is 2.33. The number of carboxylic acids is 1. The molecule has 1 N–H and O–H groups in total. The molecule has 1 amide bonds. The molecule has 150 valence electrons. The second-order valence-electron chi connectivity index (χ2n) is 7.32. The van der Waals surface area contributed by atoms with Gasteiger partial charge in [0.15, 0.2) is 0 Å². The Morgan fingerprint density at radius 2 is 2.00 bits per heavy atom. The Hall–Kier alpha value is -2.21. The summed E-state index contributed by atoms with van der Waals surface area (Å²) < 4.78 is 0. The SMILES string of the molecule is CCCCC(=O)N1CCC[C@@H]1c1nc(CCCc2ccccc2)c(C(=O)O)s1. The van der Waals surface area contributed by atoms with E-state index in [-0.39, 0.29) is 11.9 Å². The molecule has 1 fully saturated rings. The number of hydrogen-bond acceptors (Lipinski definition) is 4. The number of hydrogen-bond donors (Lipinski definition) is 1. The smallest absolute Gasteiger partial charge is 0.347 e. The zero-order valence-electron chi connectivity index (χ0n) is 16.4. The minimum atomic E-state index is -0.916. The monoisotopic (exact) mass is 400 g/mol. The fourth-order valence-electron chi connectivity index (χ4n) is 3.75. The van der Waals surface area contributed by atoms with E-state index in [9.17, 15) is 14.7 Å². The van der Waals surface area contributed by atoms with E-state index in [1.807, 2.05) is 23.1 Å². The van der Waals surface area contributed by atoms with Crippen LogP contribution in [0.3, 0.4) is 0 Å². The number of benzene rings is 1. The molecule has 1 saturated heterocycles. The van der Waals surface area contributed by atoms with Crippen LogP contribution in [-0.2, 0) is 17.6 Å². The van der Waals surface area contributed by atoms with Gasteiger partial charge in [-0.15, -0.1) is 11.3 Å². The van der Waals surface area contributed by atoms with Crippen LogP contribution in [0.2, 0.25) is 0 Å². The molecular formula is C22H28N2O3S. The first-order chi connectivity index (χ1) is 13.6. The molecule has 0 bridgehead atoms. The van der Waals surface area contributed by atoms with Crippen molar-refractivity contribution in [1.82, 2.24) is 9.88 Å². The minimum Gasteiger partial charge on any atom is -0.477 e. The van der Waals surface area contributed by atoms with E-state index < -0.39 is 5.97 Å². The third-order valence-corrected chi connectivity index (χ3v) is 6.42. The number of likely N-dealkylation sites (tertiary alicyclic amines) is 1. The molecule has 28 heavy (non-hydrogen) atoms. The predicted molar refractivity (Wildman–Crippen MR) is 111 cm³/mol. The number of carbonyl (C=O) groups excluding carboxylic acids is 1. The number of rotatable bonds is 9. The maximum Gasteiger partial charge on any atom is 0.347 e. The Labute approximate surface area is 170 Å². The van der Waals surface area contributed by atoms with Gasteiger partial charge in [-0.25, -0.2) is 9.78 Å². The first-order valence-electron chi connectivity index (χ1n) is 10.2. The van der Waals surface area contributed by atoms with Gasteiger partial charge in [-0.1, -0.05) is 43.7 Å². The molecule has 1 aromatic carbocycles. The molecule has 1 aliphatic heterocycles. The van der Waals surface area contributed by atoms with Crippen LogP contribution in [-0.4, -0.2) is 33.4 Å². The molecule has 2 heterocycles. The van der Waals surface area contributed by atoms with Gasteiger partial charge >= 0.3 is 5.97 Å². The van der Waals surface area contributed by atoms with Gasteiger partial charge in [0, 0.05) is 13.0 Å². The van der Waals surface area contributed by atoms with E-state index in [0.29, 0.717) is 23.4 Å². The number of aryl methyl sites for hydroxylation is 2. The van der Waals surface area contributed by atoms with Crippen molar-refractivity contribution in [3.05, 3.63) is 51.5 Å². The topological polar surface area (TPSA) is 70.5 Å². The third kappa shape index (κ3) is 4.98. The number of nitrogens with zero attached hydrogens (tertiary/aromatic N) is 2. The number of carbonyl (C=O) groups is 2. The molecule has 2 aromatic rings. The highest BCUT2D eigenvalue weighted by atomic mass is 32.1. The van der Waals surface area contributed by atoms with Gasteiger partial charge in [-0.2, -0.15) is 0 Å². The van der Waals surface area contributed by atoms with Crippen LogP contribution in [0, 0.1) is 0 Å². The van der Waals surface area contributed by atoms with Crippen molar-refractivity contribution in [1.29, 1.82) is 0 Å². The zero-order valence-corrected chi connectivity index (χ0v) is 17.2. The van der Waals surface area contributed by atoms with E-state index in [4.69, 9.17) is 4.98 Å². The lowest BCUT2D eigenvalue weighted by Gasteiger charge is -2.23. The molecule has 0 spiro atoms. The lowest BCUT2D eigenvalue weighted by molar-refractivity contribution is -0.132. The number of unbranched alkanes of at least 4 members (excludes halogenated alkanes) is 1. The van der Waals surface area contributed by atoms with Crippen LogP contribution in [0.5, 0.6) is 0 Å². The molecule has 0 saturated carbocycles. The molecule has 3 rings (SSSR count). The van der Waals surface area contributed by atoms with Crippen molar-refractivity contribution >= 4 is 23.2 Å². The van der Waals surface area contributed by atoms with Crippen LogP contribution in [0.4, 0.5) is 0 Å². The summed E-state index contributed by atoms with van der Waals surface area (Å²) in [6.07, 6.45) is 6.68. The number of carboxylic acid groups (broad SMARTS) is 1. The van der Waals surface area contributed by atoms with Gasteiger partial charge in [-0.05, 0) is 44.1 Å². The fraction of sp³-hybridized carbons (Fsp3) is 0.500. The van der Waals surface area contributed by atoms with E-state index in [1.54, 1.807) is 0 Å². The summed E-state index contributed by atoms with van der Waals surface area (Å²) in [6.45, 7) is 2.83. The first-order valence-corrected chi connectivity index (χ1v) is 11.0. The second-order valence-corrected chi connectivity index (χ2v) is 8.35. The van der Waals surface area contributed by atoms with E-state index >= 15 is 0 Å². The summed E-state index contributed by atoms with van der Waals surface area (Å²) in [5, 5.41) is 10.4. The average Bonchev–Trinajstić information content (AvgIpc) is 3.34. The standard InChI is InChI=1S/C22H28N2O3S/c1-2-3-14-19(25)24-15-8-13-18(24)21-23-17(20(28-21)22(26)27)12-7-11-16-9-5-4-6-10-16/h4-6,9-10,18H,2-3,7-8,11-15H2,1H3,(H,26,27)/t18-/m1/s1. The molecule has 1 aromatic heterocycles. The Bertz CT molecular complexity index is 803. The molecule has 0 radical (unpaired) electrons. The van der Waals surface area contributed by atoms with Gasteiger partial charge in [0.1, 0.15) is 9.88 Å². The van der Waals surface area contributed by atoms with Crippen LogP contribution < -0.4 is 0 Å². The summed E-state index contributed by atoms with van der Waals surface area (Å²) >= 11 is 1.25. The molecule has 6 heteroatoms. The van der Waals surface area contributed by atoms with Gasteiger partial charge in [0.05, 0.1) is 11.7 Å². The summed E-state index contributed by atoms with van der Waals surface area (Å²) in [5.74, 6) is -0.748. The van der Waals surface area contributed by atoms with Gasteiger partial charge in [-0.3, -0.25) is 4.79 Å². The van der Waals surface area contributed by atoms with Gasteiger partial charge in [0.2, 0.25) is 5.91 Å². The van der Waals surface area contributed by atoms with Crippen molar-refractivity contribution in [2.24, 2.45) is 0 Å². The molecule has 0 unspecified atom stereocenters. The Balaban J connectivity index is 1.70. The van der Waals surface area contributed by atoms with Crippen molar-refractivity contribution < 1.29 is 14.7 Å². The maximum atomic E-state index is 12.5. The van der Waals surface area contributed by atoms with Crippen LogP contribution in [0.25, 0.3) is 0 Å². The normalized spacial score (nSPS) is 16.5. The van der Waals surface area contributed by atoms with Crippen molar-refractivity contribution in [3.63, 3.8) is 0 Å². The number of aromatic carboxylic acids is 1. The lowest BCUT2D eigenvalue weighted by Crippen LogP contribution is -2.30. The first kappa shape index (κ1) is 20.5. The third-order valence-electron chi connectivity index (χ3n) is 5.23. The molecule has 0 aliphatic carbocycles. The van der Waals surface area contributed by atoms with Crippen molar-refractivity contribution in [2.75, 3.05) is 6.54 Å². The molecule has 1 aliphatic rings. The maximum absolute atomic E-state index is 12.5. The highest BCUT2D eigenvalue weighted by Crippen LogP contribution is 2.36. The number of aromatic nitrogens is 1. The van der Waals surface area contributed by atoms with Crippen molar-refractivity contribution in [2.45, 2.75) is 64.3 Å². The van der Waals surface area contributed by atoms with Crippen LogP contribution in [0.15, 0.2) is 30.3 Å². The minimum absolute atomic E-state index is 0.0599. The van der Waals surface area contributed by atoms with Crippen molar-refractivity contribution in [3.8, 4) is 0 Å². The fourth-order valence-corrected chi connectivity index (χ4v) is 4.85. The van der Waals surface area contributed by atoms with E-state index in [0.717, 1.165) is 50.1 Å². The molecular weight excluding hydrogens is 372 g/mol. The van der Waals surface area contributed by atoms with Gasteiger partial charge in [0.25, 0.3) is 0 Å². The quantitative estimate of drug-likeness (QED) is 0.652. The summed E-state index contributed by atoms with van der Waals surface area (Å²) in [7, 11) is 0. The largest absolute Gasteiger partial charge is 0.477 e. The highest BCUT2D eigenvalue weighted by molar-refractivity contribution is 7.13. The summed E-state index contributed by atoms with van der Waals surface area (Å²) in [4.78, 5) is 31.2. The Kier molecular flexibility index (Phi) is 7.20. The summed E-state index contributed by atoms with van der Waals surface area (Å²) in [5.41, 5.74) is 1.91. The number of thiazole rings is 1. The second kappa shape index (κ2) is 9.82. The van der Waals surface area contributed by atoms with Crippen LogP contribution in [0.1, 0.15) is 77.4 Å². The summed E-state index contributed by atoms with van der Waals surface area (Å²) in [6, 6.07) is 10.1. The average molecular weight is 401 g/mol. The van der Waals surface area contributed by atoms with Crippen LogP contribution >= 0.6 is 11.3 Å². The predicted octanol–water partition coefficient (Wildman–Crippen LogP) is 4.87. The zero-order chi connectivity index (χ0) is 19.9. The Morgan fingerprint density at radius 3 is 2.71 bits per heavy atom. The van der Waals surface area contributed by atoms with E-state index in [2.05, 4.69) is 19.1 Å². The molecule has 1 atom stereocenters. The number of amides is 1.